The number of ether oxygens (including phenoxy) is 1. The molecule has 132 valence electrons. The first-order chi connectivity index (χ1) is 11.8. The van der Waals surface area contributed by atoms with Crippen LogP contribution in [0.5, 0.6) is 0 Å². The van der Waals surface area contributed by atoms with Gasteiger partial charge in [0.15, 0.2) is 5.78 Å². The van der Waals surface area contributed by atoms with Crippen molar-refractivity contribution in [3.63, 3.8) is 0 Å². The number of halogens is 3. The van der Waals surface area contributed by atoms with Gasteiger partial charge in [0.1, 0.15) is 0 Å². The Morgan fingerprint density at radius 3 is 2.20 bits per heavy atom. The summed E-state index contributed by atoms with van der Waals surface area (Å²) in [4.78, 5) is 24.7. The van der Waals surface area contributed by atoms with Gasteiger partial charge in [0.05, 0.1) is 24.5 Å². The summed E-state index contributed by atoms with van der Waals surface area (Å²) in [6, 6.07) is 12.8. The van der Waals surface area contributed by atoms with Gasteiger partial charge in [0, 0.05) is 5.56 Å². The first-order valence-corrected chi connectivity index (χ1v) is 7.75. The van der Waals surface area contributed by atoms with Crippen molar-refractivity contribution >= 4 is 11.8 Å². The second-order valence-corrected chi connectivity index (χ2v) is 5.38. The van der Waals surface area contributed by atoms with Gasteiger partial charge >= 0.3 is 12.1 Å². The number of rotatable bonds is 6. The van der Waals surface area contributed by atoms with E-state index in [1.165, 1.54) is 30.3 Å². The summed E-state index contributed by atoms with van der Waals surface area (Å²) in [5, 5.41) is 0. The van der Waals surface area contributed by atoms with Gasteiger partial charge in [-0.15, -0.1) is 0 Å². The maximum absolute atomic E-state index is 13.3. The lowest BCUT2D eigenvalue weighted by atomic mass is 9.85. The minimum absolute atomic E-state index is 0.0893. The number of Topliss-reactive ketones (excluding diaryl/α,β-unsaturated/α-hetero) is 1. The molecular weight excluding hydrogens is 333 g/mol. The Labute approximate surface area is 143 Å². The second kappa shape index (κ2) is 7.96. The van der Waals surface area contributed by atoms with E-state index in [4.69, 9.17) is 4.74 Å². The van der Waals surface area contributed by atoms with Gasteiger partial charge in [-0.1, -0.05) is 48.5 Å². The summed E-state index contributed by atoms with van der Waals surface area (Å²) in [5.41, 5.74) is -0.903. The average molecular weight is 350 g/mol. The first-order valence-electron chi connectivity index (χ1n) is 7.75. The van der Waals surface area contributed by atoms with Crippen molar-refractivity contribution in [2.45, 2.75) is 25.4 Å². The molecule has 2 aromatic rings. The molecule has 25 heavy (non-hydrogen) atoms. The quantitative estimate of drug-likeness (QED) is 0.564. The van der Waals surface area contributed by atoms with Crippen molar-refractivity contribution in [3.05, 3.63) is 71.3 Å². The maximum atomic E-state index is 13.3. The highest BCUT2D eigenvalue weighted by atomic mass is 19.4. The number of ketones is 1. The summed E-state index contributed by atoms with van der Waals surface area (Å²) in [5.74, 6) is -2.53. The third kappa shape index (κ3) is 4.68. The Balaban J connectivity index is 2.49. The summed E-state index contributed by atoms with van der Waals surface area (Å²) in [6.45, 7) is 1.68. The van der Waals surface area contributed by atoms with Crippen LogP contribution in [0.15, 0.2) is 54.6 Å². The zero-order chi connectivity index (χ0) is 18.4. The lowest BCUT2D eigenvalue weighted by Crippen LogP contribution is -2.22. The van der Waals surface area contributed by atoms with E-state index in [9.17, 15) is 22.8 Å². The fraction of sp³-hybridized carbons (Fsp3) is 0.263. The molecule has 0 fully saturated rings. The van der Waals surface area contributed by atoms with Crippen LogP contribution in [0.3, 0.4) is 0 Å². The van der Waals surface area contributed by atoms with E-state index >= 15 is 0 Å². The molecule has 0 N–H and O–H groups in total. The zero-order valence-electron chi connectivity index (χ0n) is 13.5. The van der Waals surface area contributed by atoms with E-state index < -0.39 is 35.8 Å². The Morgan fingerprint density at radius 2 is 1.60 bits per heavy atom. The van der Waals surface area contributed by atoms with E-state index in [1.54, 1.807) is 25.1 Å². The van der Waals surface area contributed by atoms with Gasteiger partial charge in [-0.3, -0.25) is 9.59 Å². The molecule has 0 bridgehead atoms. The monoisotopic (exact) mass is 350 g/mol. The number of alkyl halides is 3. The molecule has 0 saturated heterocycles. The van der Waals surface area contributed by atoms with Gasteiger partial charge in [-0.2, -0.15) is 13.2 Å². The standard InChI is InChI=1S/C19H17F3O3/c1-2-25-17(23)12-15(18(24)13-8-4-3-5-9-13)14-10-6-7-11-16(14)19(20,21)22/h3-11,15H,2,12H2,1H3. The molecule has 2 aromatic carbocycles. The Bertz CT molecular complexity index is 739. The minimum Gasteiger partial charge on any atom is -0.466 e. The number of carbonyl (C=O) groups is 2. The molecular formula is C19H17F3O3. The number of benzene rings is 2. The van der Waals surface area contributed by atoms with Crippen molar-refractivity contribution in [2.75, 3.05) is 6.61 Å². The van der Waals surface area contributed by atoms with Gasteiger partial charge in [-0.25, -0.2) is 0 Å². The van der Waals surface area contributed by atoms with Crippen LogP contribution in [0.25, 0.3) is 0 Å². The van der Waals surface area contributed by atoms with Crippen LogP contribution in [-0.2, 0) is 15.7 Å². The molecule has 0 saturated carbocycles. The van der Waals surface area contributed by atoms with Crippen molar-refractivity contribution in [1.29, 1.82) is 0 Å². The highest BCUT2D eigenvalue weighted by Crippen LogP contribution is 2.37. The van der Waals surface area contributed by atoms with Crippen molar-refractivity contribution in [3.8, 4) is 0 Å². The molecule has 0 amide bonds. The minimum atomic E-state index is -4.62. The maximum Gasteiger partial charge on any atom is 0.416 e. The zero-order valence-corrected chi connectivity index (χ0v) is 13.5. The molecule has 2 rings (SSSR count). The first kappa shape index (κ1) is 18.7. The third-order valence-corrected chi connectivity index (χ3v) is 3.69. The van der Waals surface area contributed by atoms with Crippen LogP contribution in [0.2, 0.25) is 0 Å². The molecule has 0 aromatic heterocycles. The van der Waals surface area contributed by atoms with E-state index in [-0.39, 0.29) is 17.7 Å². The molecule has 0 heterocycles. The SMILES string of the molecule is CCOC(=O)CC(C(=O)c1ccccc1)c1ccccc1C(F)(F)F. The van der Waals surface area contributed by atoms with Crippen LogP contribution >= 0.6 is 0 Å². The van der Waals surface area contributed by atoms with Crippen LogP contribution in [0.1, 0.15) is 40.7 Å². The fourth-order valence-electron chi connectivity index (χ4n) is 2.59. The lowest BCUT2D eigenvalue weighted by Gasteiger charge is -2.20. The molecule has 0 aliphatic carbocycles. The average Bonchev–Trinajstić information content (AvgIpc) is 2.59. The van der Waals surface area contributed by atoms with Crippen LogP contribution in [0, 0.1) is 0 Å². The highest BCUT2D eigenvalue weighted by molar-refractivity contribution is 6.02. The summed E-state index contributed by atoms with van der Waals surface area (Å²) in [7, 11) is 0. The molecule has 3 nitrogen and oxygen atoms in total. The highest BCUT2D eigenvalue weighted by Gasteiger charge is 2.37. The van der Waals surface area contributed by atoms with E-state index in [1.807, 2.05) is 0 Å². The second-order valence-electron chi connectivity index (χ2n) is 5.38. The fourth-order valence-corrected chi connectivity index (χ4v) is 2.59. The Kier molecular flexibility index (Phi) is 5.96. The van der Waals surface area contributed by atoms with Crippen LogP contribution in [0.4, 0.5) is 13.2 Å². The van der Waals surface area contributed by atoms with Crippen LogP contribution < -0.4 is 0 Å². The topological polar surface area (TPSA) is 43.4 Å². The van der Waals surface area contributed by atoms with E-state index in [2.05, 4.69) is 0 Å². The molecule has 0 radical (unpaired) electrons. The molecule has 6 heteroatoms. The Hall–Kier alpha value is -2.63. The predicted molar refractivity (Wildman–Crippen MR) is 86.2 cm³/mol. The molecule has 0 aliphatic rings. The van der Waals surface area contributed by atoms with Gasteiger partial charge in [0.25, 0.3) is 0 Å². The Morgan fingerprint density at radius 1 is 1.00 bits per heavy atom. The lowest BCUT2D eigenvalue weighted by molar-refractivity contribution is -0.144. The molecule has 0 aliphatic heterocycles. The predicted octanol–water partition coefficient (Wildman–Crippen LogP) is 4.63. The van der Waals surface area contributed by atoms with Gasteiger partial charge in [0.2, 0.25) is 0 Å². The number of hydrogen-bond donors (Lipinski definition) is 0. The third-order valence-electron chi connectivity index (χ3n) is 3.69. The summed E-state index contributed by atoms with van der Waals surface area (Å²) in [6.07, 6.45) is -5.07. The van der Waals surface area contributed by atoms with Crippen molar-refractivity contribution < 1.29 is 27.5 Å². The normalized spacial score (nSPS) is 12.5. The van der Waals surface area contributed by atoms with Crippen molar-refractivity contribution in [2.24, 2.45) is 0 Å². The molecule has 1 atom stereocenters. The van der Waals surface area contributed by atoms with Crippen LogP contribution in [-0.4, -0.2) is 18.4 Å². The van der Waals surface area contributed by atoms with Crippen molar-refractivity contribution in [1.82, 2.24) is 0 Å². The van der Waals surface area contributed by atoms with E-state index in [0.29, 0.717) is 0 Å². The molecule has 1 unspecified atom stereocenters. The summed E-state index contributed by atoms with van der Waals surface area (Å²) >= 11 is 0. The largest absolute Gasteiger partial charge is 0.466 e. The summed E-state index contributed by atoms with van der Waals surface area (Å²) < 4.78 is 44.8. The van der Waals surface area contributed by atoms with Gasteiger partial charge < -0.3 is 4.74 Å². The van der Waals surface area contributed by atoms with E-state index in [0.717, 1.165) is 6.07 Å². The van der Waals surface area contributed by atoms with Gasteiger partial charge in [-0.05, 0) is 18.6 Å². The number of hydrogen-bond acceptors (Lipinski definition) is 3. The number of esters is 1. The molecule has 0 spiro atoms. The smallest absolute Gasteiger partial charge is 0.416 e. The number of carbonyl (C=O) groups excluding carboxylic acids is 2.